The zero-order valence-corrected chi connectivity index (χ0v) is 12.6. The number of aryl methyl sites for hydroxylation is 1. The van der Waals surface area contributed by atoms with E-state index >= 15 is 0 Å². The van der Waals surface area contributed by atoms with Crippen LogP contribution in [0, 0.1) is 19.8 Å². The summed E-state index contributed by atoms with van der Waals surface area (Å²) in [6, 6.07) is 0.0175. The fourth-order valence-electron chi connectivity index (χ4n) is 3.10. The summed E-state index contributed by atoms with van der Waals surface area (Å²) in [6.07, 6.45) is 6.26. The predicted molar refractivity (Wildman–Crippen MR) is 78.9 cm³/mol. The normalized spacial score (nSPS) is 22.6. The highest BCUT2D eigenvalue weighted by molar-refractivity contribution is 5.84. The first kappa shape index (κ1) is 15.0. The number of hydrogen-bond donors (Lipinski definition) is 1. The summed E-state index contributed by atoms with van der Waals surface area (Å²) >= 11 is 0. The molecule has 0 spiro atoms. The van der Waals surface area contributed by atoms with Gasteiger partial charge in [0.1, 0.15) is 11.5 Å². The molecule has 1 aromatic heterocycles. The summed E-state index contributed by atoms with van der Waals surface area (Å²) in [4.78, 5) is 16.9. The van der Waals surface area contributed by atoms with Crippen molar-refractivity contribution in [3.05, 3.63) is 23.0 Å². The first-order chi connectivity index (χ1) is 9.54. The minimum atomic E-state index is -0.00255. The van der Waals surface area contributed by atoms with E-state index in [-0.39, 0.29) is 17.7 Å². The molecule has 4 heteroatoms. The number of aromatic nitrogens is 1. The van der Waals surface area contributed by atoms with Gasteiger partial charge < -0.3 is 10.5 Å². The second-order valence-electron chi connectivity index (χ2n) is 5.74. The molecule has 0 radical (unpaired) electrons. The first-order valence-corrected chi connectivity index (χ1v) is 7.32. The standard InChI is InChI=1S/C16H24N2O2/c1-10-9-18-14(11(2)16(10)20-3)8-15(19)12-6-4-5-7-13(12)17/h9,12-13H,4-8,17H2,1-3H3. The number of pyridine rings is 1. The van der Waals surface area contributed by atoms with E-state index in [1.807, 2.05) is 13.8 Å². The zero-order chi connectivity index (χ0) is 14.7. The van der Waals surface area contributed by atoms with Crippen LogP contribution in [-0.2, 0) is 11.2 Å². The molecule has 0 saturated heterocycles. The molecule has 1 fully saturated rings. The molecule has 1 aliphatic rings. The van der Waals surface area contributed by atoms with Gasteiger partial charge in [-0.2, -0.15) is 0 Å². The van der Waals surface area contributed by atoms with Crippen molar-refractivity contribution in [2.24, 2.45) is 11.7 Å². The van der Waals surface area contributed by atoms with Crippen LogP contribution in [0.2, 0.25) is 0 Å². The molecule has 0 aliphatic heterocycles. The zero-order valence-electron chi connectivity index (χ0n) is 12.6. The number of carbonyl (C=O) groups is 1. The Balaban J connectivity index is 2.15. The number of rotatable bonds is 4. The van der Waals surface area contributed by atoms with Gasteiger partial charge in [-0.1, -0.05) is 12.8 Å². The van der Waals surface area contributed by atoms with Gasteiger partial charge in [-0.25, -0.2) is 0 Å². The maximum Gasteiger partial charge on any atom is 0.143 e. The van der Waals surface area contributed by atoms with Crippen LogP contribution >= 0.6 is 0 Å². The fraction of sp³-hybridized carbons (Fsp3) is 0.625. The first-order valence-electron chi connectivity index (χ1n) is 7.32. The lowest BCUT2D eigenvalue weighted by molar-refractivity contribution is -0.123. The quantitative estimate of drug-likeness (QED) is 0.916. The van der Waals surface area contributed by atoms with E-state index in [1.54, 1.807) is 13.3 Å². The van der Waals surface area contributed by atoms with E-state index in [1.165, 1.54) is 0 Å². The molecule has 2 atom stereocenters. The largest absolute Gasteiger partial charge is 0.496 e. The van der Waals surface area contributed by atoms with Gasteiger partial charge in [-0.15, -0.1) is 0 Å². The highest BCUT2D eigenvalue weighted by atomic mass is 16.5. The summed E-state index contributed by atoms with van der Waals surface area (Å²) in [6.45, 7) is 3.92. The molecule has 0 bridgehead atoms. The molecule has 2 N–H and O–H groups in total. The van der Waals surface area contributed by atoms with Gasteiger partial charge >= 0.3 is 0 Å². The minimum absolute atomic E-state index is 0.00255. The van der Waals surface area contributed by atoms with E-state index in [0.717, 1.165) is 48.3 Å². The summed E-state index contributed by atoms with van der Waals surface area (Å²) < 4.78 is 5.39. The van der Waals surface area contributed by atoms with Gasteiger partial charge in [0, 0.05) is 35.7 Å². The van der Waals surface area contributed by atoms with Crippen molar-refractivity contribution < 1.29 is 9.53 Å². The predicted octanol–water partition coefficient (Wildman–Crippen LogP) is 2.34. The number of methoxy groups -OCH3 is 1. The molecule has 4 nitrogen and oxygen atoms in total. The van der Waals surface area contributed by atoms with Gasteiger partial charge in [0.05, 0.1) is 12.8 Å². The van der Waals surface area contributed by atoms with E-state index in [9.17, 15) is 4.79 Å². The SMILES string of the molecule is COc1c(C)cnc(CC(=O)C2CCCCC2N)c1C. The third-order valence-corrected chi connectivity index (χ3v) is 4.32. The second kappa shape index (κ2) is 6.35. The van der Waals surface area contributed by atoms with E-state index < -0.39 is 0 Å². The minimum Gasteiger partial charge on any atom is -0.496 e. The molecule has 1 heterocycles. The maximum atomic E-state index is 12.5. The van der Waals surface area contributed by atoms with Crippen molar-refractivity contribution in [1.29, 1.82) is 0 Å². The Morgan fingerprint density at radius 1 is 1.40 bits per heavy atom. The lowest BCUT2D eigenvalue weighted by Gasteiger charge is -2.27. The van der Waals surface area contributed by atoms with Crippen molar-refractivity contribution in [3.63, 3.8) is 0 Å². The molecule has 1 saturated carbocycles. The highest BCUT2D eigenvalue weighted by Crippen LogP contribution is 2.28. The molecular formula is C16H24N2O2. The molecule has 0 amide bonds. The summed E-state index contributed by atoms with van der Waals surface area (Å²) in [5, 5.41) is 0. The number of ether oxygens (including phenoxy) is 1. The Hall–Kier alpha value is -1.42. The third-order valence-electron chi connectivity index (χ3n) is 4.32. The number of nitrogens with two attached hydrogens (primary N) is 1. The average molecular weight is 276 g/mol. The summed E-state index contributed by atoms with van der Waals surface area (Å²) in [5.74, 6) is 1.05. The van der Waals surface area contributed by atoms with Gasteiger partial charge in [-0.05, 0) is 26.7 Å². The third kappa shape index (κ3) is 3.01. The van der Waals surface area contributed by atoms with Crippen LogP contribution in [0.3, 0.4) is 0 Å². The Morgan fingerprint density at radius 2 is 2.10 bits per heavy atom. The number of Topliss-reactive ketones (excluding diaryl/α,β-unsaturated/α-hetero) is 1. The lowest BCUT2D eigenvalue weighted by atomic mass is 9.81. The number of carbonyl (C=O) groups excluding carboxylic acids is 1. The van der Waals surface area contributed by atoms with E-state index in [0.29, 0.717) is 6.42 Å². The smallest absolute Gasteiger partial charge is 0.143 e. The van der Waals surface area contributed by atoms with E-state index in [4.69, 9.17) is 10.5 Å². The van der Waals surface area contributed by atoms with Crippen LogP contribution in [0.25, 0.3) is 0 Å². The summed E-state index contributed by atoms with van der Waals surface area (Å²) in [5.41, 5.74) is 8.86. The Labute approximate surface area is 120 Å². The Bertz CT molecular complexity index is 499. The van der Waals surface area contributed by atoms with Crippen LogP contribution in [0.5, 0.6) is 5.75 Å². The molecule has 2 unspecified atom stereocenters. The molecule has 0 aromatic carbocycles. The highest BCUT2D eigenvalue weighted by Gasteiger charge is 2.28. The van der Waals surface area contributed by atoms with Gasteiger partial charge in [0.15, 0.2) is 0 Å². The van der Waals surface area contributed by atoms with Crippen molar-refractivity contribution in [1.82, 2.24) is 4.98 Å². The van der Waals surface area contributed by atoms with Crippen LogP contribution in [0.15, 0.2) is 6.20 Å². The molecule has 110 valence electrons. The molecule has 1 aromatic rings. The van der Waals surface area contributed by atoms with Crippen molar-refractivity contribution in [2.75, 3.05) is 7.11 Å². The Morgan fingerprint density at radius 3 is 2.75 bits per heavy atom. The summed E-state index contributed by atoms with van der Waals surface area (Å²) in [7, 11) is 1.65. The fourth-order valence-corrected chi connectivity index (χ4v) is 3.10. The monoisotopic (exact) mass is 276 g/mol. The van der Waals surface area contributed by atoms with E-state index in [2.05, 4.69) is 4.98 Å². The van der Waals surface area contributed by atoms with Crippen molar-refractivity contribution in [2.45, 2.75) is 52.0 Å². The topological polar surface area (TPSA) is 65.2 Å². The number of ketones is 1. The Kier molecular flexibility index (Phi) is 4.76. The number of hydrogen-bond acceptors (Lipinski definition) is 4. The molecule has 2 rings (SSSR count). The van der Waals surface area contributed by atoms with Gasteiger partial charge in [0.2, 0.25) is 0 Å². The van der Waals surface area contributed by atoms with Crippen molar-refractivity contribution >= 4 is 5.78 Å². The van der Waals surface area contributed by atoms with Crippen LogP contribution in [0.4, 0.5) is 0 Å². The molecule has 20 heavy (non-hydrogen) atoms. The lowest BCUT2D eigenvalue weighted by Crippen LogP contribution is -2.38. The number of nitrogens with zero attached hydrogens (tertiary/aromatic N) is 1. The van der Waals surface area contributed by atoms with Crippen LogP contribution in [-0.4, -0.2) is 23.9 Å². The van der Waals surface area contributed by atoms with Gasteiger partial charge in [-0.3, -0.25) is 9.78 Å². The van der Waals surface area contributed by atoms with Gasteiger partial charge in [0.25, 0.3) is 0 Å². The molecule has 1 aliphatic carbocycles. The maximum absolute atomic E-state index is 12.5. The average Bonchev–Trinajstić information content (AvgIpc) is 2.43. The van der Waals surface area contributed by atoms with Crippen LogP contribution in [0.1, 0.15) is 42.5 Å². The van der Waals surface area contributed by atoms with Crippen LogP contribution < -0.4 is 10.5 Å². The second-order valence-corrected chi connectivity index (χ2v) is 5.74. The van der Waals surface area contributed by atoms with Crippen molar-refractivity contribution in [3.8, 4) is 5.75 Å². The molecular weight excluding hydrogens is 252 g/mol.